The van der Waals surface area contributed by atoms with Crippen molar-refractivity contribution in [3.05, 3.63) is 66.4 Å². The van der Waals surface area contributed by atoms with Crippen molar-refractivity contribution in [2.24, 2.45) is 0 Å². The predicted molar refractivity (Wildman–Crippen MR) is 99.7 cm³/mol. The second kappa shape index (κ2) is 7.04. The fourth-order valence-electron chi connectivity index (χ4n) is 3.30. The minimum atomic E-state index is -0.0304. The van der Waals surface area contributed by atoms with Crippen molar-refractivity contribution in [3.63, 3.8) is 0 Å². The minimum Gasteiger partial charge on any atom is -0.497 e. The van der Waals surface area contributed by atoms with E-state index in [9.17, 15) is 4.79 Å². The second-order valence-corrected chi connectivity index (χ2v) is 6.34. The SMILES string of the molecule is COc1cccc(C(=O)N2CCC(Oc3cccc4cccnc34)C2)c1. The first-order chi connectivity index (χ1) is 12.7. The zero-order chi connectivity index (χ0) is 17.9. The monoisotopic (exact) mass is 348 g/mol. The lowest BCUT2D eigenvalue weighted by Gasteiger charge is -2.18. The number of pyridine rings is 1. The Morgan fingerprint density at radius 3 is 2.88 bits per heavy atom. The number of rotatable bonds is 4. The van der Waals surface area contributed by atoms with Crippen LogP contribution in [-0.4, -0.2) is 42.1 Å². The Morgan fingerprint density at radius 2 is 2.00 bits per heavy atom. The number of hydrogen-bond acceptors (Lipinski definition) is 4. The van der Waals surface area contributed by atoms with Crippen LogP contribution in [0.2, 0.25) is 0 Å². The molecule has 2 aromatic carbocycles. The molecule has 1 saturated heterocycles. The van der Waals surface area contributed by atoms with Gasteiger partial charge in [-0.1, -0.05) is 24.3 Å². The molecule has 1 fully saturated rings. The number of carbonyl (C=O) groups excluding carboxylic acids is 1. The van der Waals surface area contributed by atoms with Crippen molar-refractivity contribution < 1.29 is 14.3 Å². The van der Waals surface area contributed by atoms with Gasteiger partial charge in [-0.2, -0.15) is 0 Å². The predicted octanol–water partition coefficient (Wildman–Crippen LogP) is 3.54. The molecule has 0 saturated carbocycles. The number of aromatic nitrogens is 1. The Bertz CT molecular complexity index is 936. The van der Waals surface area contributed by atoms with Crippen LogP contribution in [0.4, 0.5) is 0 Å². The molecule has 0 bridgehead atoms. The maximum Gasteiger partial charge on any atom is 0.254 e. The average Bonchev–Trinajstić information content (AvgIpc) is 3.16. The van der Waals surface area contributed by atoms with E-state index < -0.39 is 0 Å². The molecule has 3 aromatic rings. The van der Waals surface area contributed by atoms with Crippen molar-refractivity contribution in [1.82, 2.24) is 9.88 Å². The van der Waals surface area contributed by atoms with Crippen LogP contribution in [0.5, 0.6) is 11.5 Å². The third-order valence-corrected chi connectivity index (χ3v) is 4.64. The van der Waals surface area contributed by atoms with E-state index in [2.05, 4.69) is 4.98 Å². The van der Waals surface area contributed by atoms with E-state index in [-0.39, 0.29) is 12.0 Å². The van der Waals surface area contributed by atoms with Crippen LogP contribution in [0, 0.1) is 0 Å². The quantitative estimate of drug-likeness (QED) is 0.724. The summed E-state index contributed by atoms with van der Waals surface area (Å²) in [4.78, 5) is 19.0. The number of para-hydroxylation sites is 1. The molecule has 1 aromatic heterocycles. The maximum atomic E-state index is 12.7. The summed E-state index contributed by atoms with van der Waals surface area (Å²) in [7, 11) is 1.60. The first-order valence-corrected chi connectivity index (χ1v) is 8.68. The number of hydrogen-bond donors (Lipinski definition) is 0. The van der Waals surface area contributed by atoms with Gasteiger partial charge in [-0.25, -0.2) is 0 Å². The molecule has 1 aliphatic rings. The number of methoxy groups -OCH3 is 1. The minimum absolute atomic E-state index is 0.00560. The van der Waals surface area contributed by atoms with Gasteiger partial charge >= 0.3 is 0 Å². The number of nitrogens with zero attached hydrogens (tertiary/aromatic N) is 2. The third kappa shape index (κ3) is 3.20. The lowest BCUT2D eigenvalue weighted by Crippen LogP contribution is -2.30. The number of amides is 1. The van der Waals surface area contributed by atoms with Gasteiger partial charge in [0.25, 0.3) is 5.91 Å². The van der Waals surface area contributed by atoms with E-state index in [1.54, 1.807) is 19.4 Å². The molecule has 1 unspecified atom stereocenters. The maximum absolute atomic E-state index is 12.7. The summed E-state index contributed by atoms with van der Waals surface area (Å²) in [5.41, 5.74) is 1.49. The number of ether oxygens (including phenoxy) is 2. The van der Waals surface area contributed by atoms with E-state index in [0.717, 1.165) is 23.1 Å². The van der Waals surface area contributed by atoms with Crippen LogP contribution in [-0.2, 0) is 0 Å². The number of benzene rings is 2. The molecule has 4 rings (SSSR count). The smallest absolute Gasteiger partial charge is 0.254 e. The zero-order valence-electron chi connectivity index (χ0n) is 14.6. The van der Waals surface area contributed by atoms with Crippen molar-refractivity contribution >= 4 is 16.8 Å². The van der Waals surface area contributed by atoms with Gasteiger partial charge in [-0.3, -0.25) is 9.78 Å². The van der Waals surface area contributed by atoms with Gasteiger partial charge in [0.05, 0.1) is 13.7 Å². The molecule has 0 N–H and O–H groups in total. The summed E-state index contributed by atoms with van der Waals surface area (Å²) in [5, 5.41) is 1.05. The molecule has 2 heterocycles. The first kappa shape index (κ1) is 16.4. The molecule has 26 heavy (non-hydrogen) atoms. The molecule has 1 amide bonds. The molecule has 5 nitrogen and oxygen atoms in total. The van der Waals surface area contributed by atoms with E-state index >= 15 is 0 Å². The van der Waals surface area contributed by atoms with Gasteiger partial charge in [0.2, 0.25) is 0 Å². The highest BCUT2D eigenvalue weighted by molar-refractivity contribution is 5.94. The van der Waals surface area contributed by atoms with Gasteiger partial charge < -0.3 is 14.4 Å². The van der Waals surface area contributed by atoms with E-state index in [1.807, 2.05) is 53.4 Å². The van der Waals surface area contributed by atoms with Crippen LogP contribution in [0.15, 0.2) is 60.8 Å². The largest absolute Gasteiger partial charge is 0.497 e. The highest BCUT2D eigenvalue weighted by atomic mass is 16.5. The first-order valence-electron chi connectivity index (χ1n) is 8.68. The summed E-state index contributed by atoms with van der Waals surface area (Å²) in [6.07, 6.45) is 2.54. The van der Waals surface area contributed by atoms with Crippen molar-refractivity contribution in [2.75, 3.05) is 20.2 Å². The van der Waals surface area contributed by atoms with Crippen molar-refractivity contribution in [3.8, 4) is 11.5 Å². The molecule has 0 radical (unpaired) electrons. The molecular formula is C21H20N2O3. The van der Waals surface area contributed by atoms with Crippen LogP contribution >= 0.6 is 0 Å². The lowest BCUT2D eigenvalue weighted by atomic mass is 10.2. The van der Waals surface area contributed by atoms with Gasteiger partial charge in [0.1, 0.15) is 23.1 Å². The number of fused-ring (bicyclic) bond motifs is 1. The van der Waals surface area contributed by atoms with Crippen molar-refractivity contribution in [2.45, 2.75) is 12.5 Å². The van der Waals surface area contributed by atoms with Gasteiger partial charge in [-0.05, 0) is 30.3 Å². The van der Waals surface area contributed by atoms with Crippen LogP contribution in [0.3, 0.4) is 0 Å². The van der Waals surface area contributed by atoms with Crippen LogP contribution < -0.4 is 9.47 Å². The summed E-state index contributed by atoms with van der Waals surface area (Å²) < 4.78 is 11.4. The Kier molecular flexibility index (Phi) is 4.44. The summed E-state index contributed by atoms with van der Waals surface area (Å²) in [5.74, 6) is 1.46. The molecule has 0 aliphatic carbocycles. The summed E-state index contributed by atoms with van der Waals surface area (Å²) >= 11 is 0. The zero-order valence-corrected chi connectivity index (χ0v) is 14.6. The van der Waals surface area contributed by atoms with E-state index in [4.69, 9.17) is 9.47 Å². The molecule has 0 spiro atoms. The number of carbonyl (C=O) groups is 1. The van der Waals surface area contributed by atoms with Crippen LogP contribution in [0.25, 0.3) is 10.9 Å². The molecule has 132 valence electrons. The van der Waals surface area contributed by atoms with E-state index in [0.29, 0.717) is 24.4 Å². The standard InChI is InChI=1S/C21H20N2O3/c1-25-17-8-2-6-16(13-17)21(24)23-12-10-18(14-23)26-19-9-3-5-15-7-4-11-22-20(15)19/h2-9,11,13,18H,10,12,14H2,1H3. The Labute approximate surface area is 152 Å². The lowest BCUT2D eigenvalue weighted by molar-refractivity contribution is 0.0772. The fourth-order valence-corrected chi connectivity index (χ4v) is 3.30. The van der Waals surface area contributed by atoms with Gasteiger partial charge in [0.15, 0.2) is 0 Å². The molecule has 5 heteroatoms. The Hall–Kier alpha value is -3.08. The summed E-state index contributed by atoms with van der Waals surface area (Å²) in [6, 6.07) is 17.1. The third-order valence-electron chi connectivity index (χ3n) is 4.64. The highest BCUT2D eigenvalue weighted by Crippen LogP contribution is 2.26. The molecule has 1 atom stereocenters. The molecular weight excluding hydrogens is 328 g/mol. The Balaban J connectivity index is 1.47. The van der Waals surface area contributed by atoms with Gasteiger partial charge in [-0.15, -0.1) is 0 Å². The van der Waals surface area contributed by atoms with E-state index in [1.165, 1.54) is 0 Å². The van der Waals surface area contributed by atoms with Crippen LogP contribution in [0.1, 0.15) is 16.8 Å². The van der Waals surface area contributed by atoms with Crippen molar-refractivity contribution in [1.29, 1.82) is 0 Å². The van der Waals surface area contributed by atoms with Gasteiger partial charge in [0, 0.05) is 30.1 Å². The summed E-state index contributed by atoms with van der Waals surface area (Å²) in [6.45, 7) is 1.25. The number of likely N-dealkylation sites (tertiary alicyclic amines) is 1. The highest BCUT2D eigenvalue weighted by Gasteiger charge is 2.28. The Morgan fingerprint density at radius 1 is 1.15 bits per heavy atom. The normalized spacial score (nSPS) is 16.7. The molecule has 1 aliphatic heterocycles. The second-order valence-electron chi connectivity index (χ2n) is 6.34. The average molecular weight is 348 g/mol. The fraction of sp³-hybridized carbons (Fsp3) is 0.238. The topological polar surface area (TPSA) is 51.7 Å².